The van der Waals surface area contributed by atoms with E-state index in [4.69, 9.17) is 14.2 Å². The van der Waals surface area contributed by atoms with Gasteiger partial charge in [-0.15, -0.1) is 0 Å². The van der Waals surface area contributed by atoms with E-state index in [1.807, 2.05) is 36.4 Å². The third kappa shape index (κ3) is 5.14. The van der Waals surface area contributed by atoms with Crippen LogP contribution in [0.3, 0.4) is 0 Å². The van der Waals surface area contributed by atoms with E-state index in [-0.39, 0.29) is 23.8 Å². The zero-order valence-corrected chi connectivity index (χ0v) is 22.8. The fraction of sp³-hybridized carbons (Fsp3) is 0.0323. The molecule has 0 saturated carbocycles. The Kier molecular flexibility index (Phi) is 6.93. The van der Waals surface area contributed by atoms with E-state index in [9.17, 15) is 14.9 Å². The van der Waals surface area contributed by atoms with Crippen molar-refractivity contribution in [3.63, 3.8) is 0 Å². The first-order chi connectivity index (χ1) is 20.0. The number of nitrogens with one attached hydrogen (secondary N) is 2. The van der Waals surface area contributed by atoms with Crippen LogP contribution in [0.15, 0.2) is 94.5 Å². The van der Waals surface area contributed by atoms with Gasteiger partial charge in [0.2, 0.25) is 6.79 Å². The van der Waals surface area contributed by atoms with Crippen molar-refractivity contribution < 1.29 is 23.8 Å². The van der Waals surface area contributed by atoms with Crippen molar-refractivity contribution in [3.8, 4) is 34.4 Å². The summed E-state index contributed by atoms with van der Waals surface area (Å²) in [5.74, 6) is 0.164. The number of H-pyrrole nitrogens is 1. The number of amides is 1. The van der Waals surface area contributed by atoms with Crippen molar-refractivity contribution in [1.29, 1.82) is 5.26 Å². The Morgan fingerprint density at radius 3 is 2.66 bits per heavy atom. The number of nitriles is 1. The average molecular weight is 607 g/mol. The zero-order chi connectivity index (χ0) is 28.3. The minimum atomic E-state index is -0.594. The maximum absolute atomic E-state index is 13.4. The van der Waals surface area contributed by atoms with Gasteiger partial charge in [-0.25, -0.2) is 10.2 Å². The number of nitrogens with zero attached hydrogens (tertiary/aromatic N) is 2. The molecule has 2 heterocycles. The number of rotatable bonds is 6. The molecule has 0 aliphatic carbocycles. The number of benzene rings is 4. The second-order valence-electron chi connectivity index (χ2n) is 8.92. The normalized spacial score (nSPS) is 11.9. The molecule has 0 fully saturated rings. The highest BCUT2D eigenvalue weighted by Gasteiger charge is 2.21. The van der Waals surface area contributed by atoms with Gasteiger partial charge in [0, 0.05) is 21.0 Å². The quantitative estimate of drug-likeness (QED) is 0.103. The molecule has 0 unspecified atom stereocenters. The van der Waals surface area contributed by atoms with Gasteiger partial charge in [0.25, 0.3) is 5.91 Å². The molecule has 1 aromatic heterocycles. The van der Waals surface area contributed by atoms with Crippen molar-refractivity contribution in [2.45, 2.75) is 0 Å². The van der Waals surface area contributed by atoms with E-state index >= 15 is 0 Å². The van der Waals surface area contributed by atoms with Gasteiger partial charge >= 0.3 is 5.97 Å². The number of hydrogen-bond acceptors (Lipinski definition) is 7. The molecule has 6 rings (SSSR count). The van der Waals surface area contributed by atoms with E-state index in [2.05, 4.69) is 37.5 Å². The molecule has 2 N–H and O–H groups in total. The Hall–Kier alpha value is -5.40. The highest BCUT2D eigenvalue weighted by molar-refractivity contribution is 9.10. The minimum absolute atomic E-state index is 0.0950. The molecule has 41 heavy (non-hydrogen) atoms. The number of aromatic nitrogens is 1. The third-order valence-electron chi connectivity index (χ3n) is 6.40. The van der Waals surface area contributed by atoms with Crippen LogP contribution in [0.1, 0.15) is 32.0 Å². The fourth-order valence-corrected chi connectivity index (χ4v) is 4.88. The third-order valence-corrected chi connectivity index (χ3v) is 6.89. The Bertz CT molecular complexity index is 1890. The molecule has 0 saturated heterocycles. The van der Waals surface area contributed by atoms with E-state index < -0.39 is 11.9 Å². The summed E-state index contributed by atoms with van der Waals surface area (Å²) in [5, 5.41) is 14.5. The van der Waals surface area contributed by atoms with Gasteiger partial charge in [0.05, 0.1) is 22.9 Å². The number of halogens is 1. The molecule has 9 nitrogen and oxygen atoms in total. The largest absolute Gasteiger partial charge is 0.454 e. The van der Waals surface area contributed by atoms with Gasteiger partial charge in [-0.2, -0.15) is 10.4 Å². The van der Waals surface area contributed by atoms with Crippen LogP contribution >= 0.6 is 15.9 Å². The molecule has 4 aromatic carbocycles. The molecule has 5 aromatic rings. The topological polar surface area (TPSA) is 126 Å². The molecule has 0 atom stereocenters. The molecule has 1 amide bonds. The first-order valence-electron chi connectivity index (χ1n) is 12.4. The summed E-state index contributed by atoms with van der Waals surface area (Å²) in [6.45, 7) is 0.0950. The maximum atomic E-state index is 13.4. The van der Waals surface area contributed by atoms with Gasteiger partial charge in [-0.3, -0.25) is 4.79 Å². The van der Waals surface area contributed by atoms with E-state index in [1.165, 1.54) is 6.21 Å². The highest BCUT2D eigenvalue weighted by atomic mass is 79.9. The molecule has 1 aliphatic rings. The maximum Gasteiger partial charge on any atom is 0.343 e. The molecular weight excluding hydrogens is 588 g/mol. The predicted octanol–water partition coefficient (Wildman–Crippen LogP) is 6.18. The van der Waals surface area contributed by atoms with Crippen LogP contribution in [0, 0.1) is 11.3 Å². The second-order valence-corrected chi connectivity index (χ2v) is 9.84. The van der Waals surface area contributed by atoms with Crippen LogP contribution < -0.4 is 19.6 Å². The number of ether oxygens (including phenoxy) is 3. The summed E-state index contributed by atoms with van der Waals surface area (Å²) in [6.07, 6.45) is 1.39. The number of fused-ring (bicyclic) bond motifs is 2. The smallest absolute Gasteiger partial charge is 0.343 e. The number of hydrazone groups is 1. The van der Waals surface area contributed by atoms with Crippen LogP contribution in [0.2, 0.25) is 0 Å². The number of carbonyl (C=O) groups is 2. The molecule has 200 valence electrons. The van der Waals surface area contributed by atoms with Crippen LogP contribution in [-0.4, -0.2) is 29.9 Å². The number of esters is 1. The van der Waals surface area contributed by atoms with E-state index in [1.54, 1.807) is 48.5 Å². The lowest BCUT2D eigenvalue weighted by Gasteiger charge is -2.09. The first-order valence-corrected chi connectivity index (χ1v) is 13.2. The van der Waals surface area contributed by atoms with E-state index in [0.29, 0.717) is 33.7 Å². The van der Waals surface area contributed by atoms with Crippen molar-refractivity contribution in [3.05, 3.63) is 112 Å². The second kappa shape index (κ2) is 11.0. The van der Waals surface area contributed by atoms with Crippen LogP contribution in [0.25, 0.3) is 22.0 Å². The Morgan fingerprint density at radius 1 is 1.00 bits per heavy atom. The average Bonchev–Trinajstić information content (AvgIpc) is 3.63. The Balaban J connectivity index is 1.27. The lowest BCUT2D eigenvalue weighted by Crippen LogP contribution is -2.19. The summed E-state index contributed by atoms with van der Waals surface area (Å²) in [5.41, 5.74) is 5.99. The highest BCUT2D eigenvalue weighted by Crippen LogP contribution is 2.35. The minimum Gasteiger partial charge on any atom is -0.454 e. The van der Waals surface area contributed by atoms with E-state index in [0.717, 1.165) is 15.4 Å². The molecule has 1 aliphatic heterocycles. The van der Waals surface area contributed by atoms with Crippen molar-refractivity contribution >= 4 is 44.9 Å². The van der Waals surface area contributed by atoms with Crippen LogP contribution in [0.5, 0.6) is 17.2 Å². The van der Waals surface area contributed by atoms with Crippen molar-refractivity contribution in [1.82, 2.24) is 10.4 Å². The SMILES string of the molecule is N#Cc1cccc2c(-c3ccccc3)c(C(=O)NN=Cc3cc(Br)ccc3OC(=O)c3ccc4c(c3)OCO4)[nH]c12. The Labute approximate surface area is 242 Å². The summed E-state index contributed by atoms with van der Waals surface area (Å²) in [4.78, 5) is 29.3. The monoisotopic (exact) mass is 606 g/mol. The lowest BCUT2D eigenvalue weighted by atomic mass is 10.0. The first kappa shape index (κ1) is 25.9. The van der Waals surface area contributed by atoms with Crippen LogP contribution in [-0.2, 0) is 0 Å². The summed E-state index contributed by atoms with van der Waals surface area (Å²) < 4.78 is 17.0. The van der Waals surface area contributed by atoms with Gasteiger partial charge in [-0.05, 0) is 48.0 Å². The molecule has 0 bridgehead atoms. The van der Waals surface area contributed by atoms with Gasteiger partial charge in [-0.1, -0.05) is 58.4 Å². The molecular formula is C31H19BrN4O5. The number of aromatic amines is 1. The molecule has 0 radical (unpaired) electrons. The lowest BCUT2D eigenvalue weighted by molar-refractivity contribution is 0.0733. The van der Waals surface area contributed by atoms with Crippen molar-refractivity contribution in [2.75, 3.05) is 6.79 Å². The number of hydrogen-bond donors (Lipinski definition) is 2. The fourth-order valence-electron chi connectivity index (χ4n) is 4.50. The summed E-state index contributed by atoms with van der Waals surface area (Å²) in [6, 6.07) is 26.7. The van der Waals surface area contributed by atoms with Gasteiger partial charge < -0.3 is 19.2 Å². The molecule has 0 spiro atoms. The summed E-state index contributed by atoms with van der Waals surface area (Å²) >= 11 is 3.42. The van der Waals surface area contributed by atoms with Crippen LogP contribution in [0.4, 0.5) is 0 Å². The van der Waals surface area contributed by atoms with Gasteiger partial charge in [0.1, 0.15) is 17.5 Å². The zero-order valence-electron chi connectivity index (χ0n) is 21.2. The Morgan fingerprint density at radius 2 is 1.83 bits per heavy atom. The summed E-state index contributed by atoms with van der Waals surface area (Å²) in [7, 11) is 0. The number of para-hydroxylation sites is 1. The standard InChI is InChI=1S/C31H19BrN4O5/c32-22-10-12-24(41-31(38)19-9-11-25-26(14-19)40-17-39-25)21(13-22)16-34-36-30(37)29-27(18-5-2-1-3-6-18)23-8-4-7-20(15-33)28(23)35-29/h1-14,16,35H,17H2,(H,36,37). The van der Waals surface area contributed by atoms with Crippen molar-refractivity contribution in [2.24, 2.45) is 5.10 Å². The molecule has 10 heteroatoms. The number of carbonyl (C=O) groups excluding carboxylic acids is 2. The predicted molar refractivity (Wildman–Crippen MR) is 155 cm³/mol. The van der Waals surface area contributed by atoms with Gasteiger partial charge in [0.15, 0.2) is 11.5 Å².